The van der Waals surface area contributed by atoms with Gasteiger partial charge in [0.15, 0.2) is 0 Å². The SMILES string of the molecule is NC(O)C(N)CCc1ccccc1. The summed E-state index contributed by atoms with van der Waals surface area (Å²) in [4.78, 5) is 0. The lowest BCUT2D eigenvalue weighted by atomic mass is 10.1. The van der Waals surface area contributed by atoms with Gasteiger partial charge in [0.2, 0.25) is 0 Å². The van der Waals surface area contributed by atoms with Crippen LogP contribution in [0.4, 0.5) is 0 Å². The highest BCUT2D eigenvalue weighted by molar-refractivity contribution is 5.14. The summed E-state index contributed by atoms with van der Waals surface area (Å²) in [5.41, 5.74) is 12.0. The van der Waals surface area contributed by atoms with E-state index in [2.05, 4.69) is 0 Å². The standard InChI is InChI=1S/C10H16N2O/c11-9(10(12)13)7-6-8-4-2-1-3-5-8/h1-5,9-10,13H,6-7,11-12H2. The molecule has 5 N–H and O–H groups in total. The number of aliphatic hydroxyl groups excluding tert-OH is 1. The normalized spacial score (nSPS) is 15.3. The van der Waals surface area contributed by atoms with Gasteiger partial charge >= 0.3 is 0 Å². The Kier molecular flexibility index (Phi) is 3.89. The van der Waals surface area contributed by atoms with Gasteiger partial charge in [0.05, 0.1) is 0 Å². The smallest absolute Gasteiger partial charge is 0.117 e. The molecule has 0 heterocycles. The lowest BCUT2D eigenvalue weighted by Gasteiger charge is -2.13. The van der Waals surface area contributed by atoms with Gasteiger partial charge in [0.25, 0.3) is 0 Å². The molecule has 0 bridgehead atoms. The Bertz CT molecular complexity index is 236. The minimum atomic E-state index is -0.913. The molecule has 0 saturated heterocycles. The molecule has 0 spiro atoms. The lowest BCUT2D eigenvalue weighted by Crippen LogP contribution is -2.41. The van der Waals surface area contributed by atoms with Gasteiger partial charge in [-0.2, -0.15) is 0 Å². The molecule has 0 saturated carbocycles. The third-order valence-electron chi connectivity index (χ3n) is 2.05. The van der Waals surface area contributed by atoms with E-state index in [-0.39, 0.29) is 6.04 Å². The molecule has 1 aromatic carbocycles. The maximum atomic E-state index is 8.95. The molecule has 0 aliphatic carbocycles. The second-order valence-electron chi connectivity index (χ2n) is 3.18. The average Bonchev–Trinajstić information content (AvgIpc) is 2.15. The Morgan fingerprint density at radius 2 is 1.77 bits per heavy atom. The van der Waals surface area contributed by atoms with Crippen LogP contribution >= 0.6 is 0 Å². The van der Waals surface area contributed by atoms with Crippen molar-refractivity contribution < 1.29 is 5.11 Å². The maximum absolute atomic E-state index is 8.95. The highest BCUT2D eigenvalue weighted by Gasteiger charge is 2.08. The second-order valence-corrected chi connectivity index (χ2v) is 3.18. The van der Waals surface area contributed by atoms with Crippen molar-refractivity contribution in [3.63, 3.8) is 0 Å². The van der Waals surface area contributed by atoms with Crippen LogP contribution in [-0.4, -0.2) is 17.4 Å². The summed E-state index contributed by atoms with van der Waals surface area (Å²) in [5.74, 6) is 0. The van der Waals surface area contributed by atoms with E-state index < -0.39 is 6.23 Å². The largest absolute Gasteiger partial charge is 0.377 e. The van der Waals surface area contributed by atoms with Crippen molar-refractivity contribution in [3.05, 3.63) is 35.9 Å². The topological polar surface area (TPSA) is 72.3 Å². The first-order valence-corrected chi connectivity index (χ1v) is 4.43. The van der Waals surface area contributed by atoms with E-state index in [4.69, 9.17) is 16.6 Å². The fourth-order valence-corrected chi connectivity index (χ4v) is 1.15. The van der Waals surface area contributed by atoms with Gasteiger partial charge in [-0.1, -0.05) is 30.3 Å². The molecule has 2 atom stereocenters. The Morgan fingerprint density at radius 3 is 2.31 bits per heavy atom. The van der Waals surface area contributed by atoms with Crippen molar-refractivity contribution in [2.45, 2.75) is 25.1 Å². The number of hydrogen-bond acceptors (Lipinski definition) is 3. The quantitative estimate of drug-likeness (QED) is 0.580. The zero-order valence-electron chi connectivity index (χ0n) is 7.56. The van der Waals surface area contributed by atoms with E-state index in [0.29, 0.717) is 6.42 Å². The molecule has 0 aliphatic heterocycles. The molecule has 3 nitrogen and oxygen atoms in total. The highest BCUT2D eigenvalue weighted by atomic mass is 16.3. The van der Waals surface area contributed by atoms with E-state index in [1.54, 1.807) is 0 Å². The van der Waals surface area contributed by atoms with E-state index in [1.165, 1.54) is 5.56 Å². The average molecular weight is 180 g/mol. The number of aryl methyl sites for hydroxylation is 1. The summed E-state index contributed by atoms with van der Waals surface area (Å²) in [5, 5.41) is 8.95. The zero-order valence-corrected chi connectivity index (χ0v) is 7.56. The van der Waals surface area contributed by atoms with Crippen molar-refractivity contribution in [1.29, 1.82) is 0 Å². The fraction of sp³-hybridized carbons (Fsp3) is 0.400. The summed E-state index contributed by atoms with van der Waals surface area (Å²) in [7, 11) is 0. The van der Waals surface area contributed by atoms with Gasteiger partial charge in [0.1, 0.15) is 6.23 Å². The minimum Gasteiger partial charge on any atom is -0.377 e. The maximum Gasteiger partial charge on any atom is 0.117 e. The van der Waals surface area contributed by atoms with Crippen LogP contribution in [0.25, 0.3) is 0 Å². The van der Waals surface area contributed by atoms with Gasteiger partial charge in [-0.05, 0) is 18.4 Å². The zero-order chi connectivity index (χ0) is 9.68. The van der Waals surface area contributed by atoms with Crippen molar-refractivity contribution >= 4 is 0 Å². The van der Waals surface area contributed by atoms with Crippen LogP contribution in [0.15, 0.2) is 30.3 Å². The molecular formula is C10H16N2O. The summed E-state index contributed by atoms with van der Waals surface area (Å²) >= 11 is 0. The molecular weight excluding hydrogens is 164 g/mol. The molecule has 2 unspecified atom stereocenters. The molecule has 0 radical (unpaired) electrons. The van der Waals surface area contributed by atoms with Gasteiger partial charge in [-0.25, -0.2) is 0 Å². The van der Waals surface area contributed by atoms with Gasteiger partial charge in [-0.3, -0.25) is 0 Å². The summed E-state index contributed by atoms with van der Waals surface area (Å²) < 4.78 is 0. The van der Waals surface area contributed by atoms with Gasteiger partial charge < -0.3 is 16.6 Å². The van der Waals surface area contributed by atoms with Crippen LogP contribution < -0.4 is 11.5 Å². The molecule has 1 aromatic rings. The molecule has 72 valence electrons. The predicted molar refractivity (Wildman–Crippen MR) is 52.9 cm³/mol. The summed E-state index contributed by atoms with van der Waals surface area (Å²) in [6.45, 7) is 0. The first-order chi connectivity index (χ1) is 6.20. The molecule has 0 amide bonds. The van der Waals surface area contributed by atoms with Crippen molar-refractivity contribution in [2.75, 3.05) is 0 Å². The third-order valence-corrected chi connectivity index (χ3v) is 2.05. The molecule has 0 fully saturated rings. The monoisotopic (exact) mass is 180 g/mol. The van der Waals surface area contributed by atoms with Crippen LogP contribution in [0.3, 0.4) is 0 Å². The Morgan fingerprint density at radius 1 is 1.15 bits per heavy atom. The Hall–Kier alpha value is -0.900. The fourth-order valence-electron chi connectivity index (χ4n) is 1.15. The first-order valence-electron chi connectivity index (χ1n) is 4.43. The van der Waals surface area contributed by atoms with Crippen molar-refractivity contribution in [1.82, 2.24) is 0 Å². The van der Waals surface area contributed by atoms with E-state index >= 15 is 0 Å². The van der Waals surface area contributed by atoms with Crippen molar-refractivity contribution in [3.8, 4) is 0 Å². The van der Waals surface area contributed by atoms with Gasteiger partial charge in [0, 0.05) is 6.04 Å². The summed E-state index contributed by atoms with van der Waals surface area (Å²) in [6, 6.07) is 9.69. The van der Waals surface area contributed by atoms with E-state index in [0.717, 1.165) is 6.42 Å². The van der Waals surface area contributed by atoms with Crippen LogP contribution in [0.5, 0.6) is 0 Å². The van der Waals surface area contributed by atoms with Crippen LogP contribution in [0.2, 0.25) is 0 Å². The molecule has 0 aromatic heterocycles. The number of aliphatic hydroxyl groups is 1. The van der Waals surface area contributed by atoms with Crippen molar-refractivity contribution in [2.24, 2.45) is 11.5 Å². The lowest BCUT2D eigenvalue weighted by molar-refractivity contribution is 0.147. The van der Waals surface area contributed by atoms with E-state index in [1.807, 2.05) is 30.3 Å². The second kappa shape index (κ2) is 4.97. The molecule has 0 aliphatic rings. The van der Waals surface area contributed by atoms with Crippen LogP contribution in [0, 0.1) is 0 Å². The summed E-state index contributed by atoms with van der Waals surface area (Å²) in [6.07, 6.45) is 0.654. The highest BCUT2D eigenvalue weighted by Crippen LogP contribution is 2.04. The minimum absolute atomic E-state index is 0.333. The molecule has 1 rings (SSSR count). The Labute approximate surface area is 78.4 Å². The number of hydrogen-bond donors (Lipinski definition) is 3. The van der Waals surface area contributed by atoms with Crippen LogP contribution in [-0.2, 0) is 6.42 Å². The van der Waals surface area contributed by atoms with E-state index in [9.17, 15) is 0 Å². The number of rotatable bonds is 4. The molecule has 13 heavy (non-hydrogen) atoms. The number of nitrogens with two attached hydrogens (primary N) is 2. The number of benzene rings is 1. The first kappa shape index (κ1) is 10.2. The van der Waals surface area contributed by atoms with Gasteiger partial charge in [-0.15, -0.1) is 0 Å². The van der Waals surface area contributed by atoms with Crippen LogP contribution in [0.1, 0.15) is 12.0 Å². The third kappa shape index (κ3) is 3.55. The molecule has 3 heteroatoms. The predicted octanol–water partition coefficient (Wildman–Crippen LogP) is 0.224. The Balaban J connectivity index is 2.35.